The van der Waals surface area contributed by atoms with Gasteiger partial charge in [-0.05, 0) is 58.9 Å². The molecule has 22 heavy (non-hydrogen) atoms. The molecule has 0 amide bonds. The van der Waals surface area contributed by atoms with Crippen molar-refractivity contribution in [2.24, 2.45) is 0 Å². The van der Waals surface area contributed by atoms with Crippen molar-refractivity contribution < 1.29 is 13.0 Å². The maximum Gasteiger partial charge on any atom is 0.294 e. The van der Waals surface area contributed by atoms with Crippen LogP contribution in [0.25, 0.3) is 0 Å². The number of hydrogen-bond donors (Lipinski definition) is 1. The van der Waals surface area contributed by atoms with Crippen LogP contribution < -0.4 is 4.90 Å². The van der Waals surface area contributed by atoms with E-state index in [9.17, 15) is 8.42 Å². The molecule has 0 aliphatic rings. The fourth-order valence-electron chi connectivity index (χ4n) is 2.65. The van der Waals surface area contributed by atoms with E-state index in [-0.39, 0.29) is 4.90 Å². The van der Waals surface area contributed by atoms with Crippen LogP contribution in [0.1, 0.15) is 34.6 Å². The summed E-state index contributed by atoms with van der Waals surface area (Å²) in [4.78, 5) is 4.55. The van der Waals surface area contributed by atoms with E-state index in [2.05, 4.69) is 44.4 Å². The highest BCUT2D eigenvalue weighted by Crippen LogP contribution is 2.18. The maximum atomic E-state index is 11.1. The van der Waals surface area contributed by atoms with Gasteiger partial charge in [-0.15, -0.1) is 0 Å². The minimum Gasteiger partial charge on any atom is -0.371 e. The Hall–Kier alpha value is -1.11. The second-order valence-electron chi connectivity index (χ2n) is 5.97. The average Bonchev–Trinajstić information content (AvgIpc) is 2.42. The summed E-state index contributed by atoms with van der Waals surface area (Å²) in [5.41, 5.74) is 0.961. The SMILES string of the molecule is CCN(CCN(C(C)C)C(C)C)c1ccc(S(=O)(=O)O)cc1. The molecule has 0 bridgehead atoms. The molecule has 0 saturated carbocycles. The van der Waals surface area contributed by atoms with Crippen LogP contribution in [-0.4, -0.2) is 49.6 Å². The summed E-state index contributed by atoms with van der Waals surface area (Å²) < 4.78 is 31.2. The van der Waals surface area contributed by atoms with Crippen molar-refractivity contribution >= 4 is 15.8 Å². The molecule has 0 aliphatic heterocycles. The van der Waals surface area contributed by atoms with E-state index in [4.69, 9.17) is 4.55 Å². The molecule has 0 radical (unpaired) electrons. The Balaban J connectivity index is 2.80. The lowest BCUT2D eigenvalue weighted by molar-refractivity contribution is 0.179. The first-order valence-electron chi connectivity index (χ1n) is 7.75. The van der Waals surface area contributed by atoms with Crippen LogP contribution in [0.15, 0.2) is 29.2 Å². The summed E-state index contributed by atoms with van der Waals surface area (Å²) in [6.07, 6.45) is 0. The highest BCUT2D eigenvalue weighted by molar-refractivity contribution is 7.85. The fourth-order valence-corrected chi connectivity index (χ4v) is 3.13. The van der Waals surface area contributed by atoms with E-state index in [1.54, 1.807) is 12.1 Å². The van der Waals surface area contributed by atoms with Gasteiger partial charge < -0.3 is 4.90 Å². The Morgan fingerprint density at radius 1 is 1.00 bits per heavy atom. The van der Waals surface area contributed by atoms with Crippen LogP contribution in [0.2, 0.25) is 0 Å². The molecule has 0 aliphatic carbocycles. The van der Waals surface area contributed by atoms with E-state index in [0.717, 1.165) is 25.3 Å². The zero-order valence-electron chi connectivity index (χ0n) is 14.2. The first kappa shape index (κ1) is 18.9. The Morgan fingerprint density at radius 3 is 1.86 bits per heavy atom. The predicted molar refractivity (Wildman–Crippen MR) is 91.1 cm³/mol. The molecule has 5 nitrogen and oxygen atoms in total. The largest absolute Gasteiger partial charge is 0.371 e. The number of benzene rings is 1. The van der Waals surface area contributed by atoms with E-state index in [1.807, 2.05) is 0 Å². The molecule has 1 aromatic rings. The summed E-state index contributed by atoms with van der Waals surface area (Å²) in [6, 6.07) is 7.33. The third kappa shape index (κ3) is 5.26. The van der Waals surface area contributed by atoms with Crippen LogP contribution in [0.4, 0.5) is 5.69 Å². The van der Waals surface area contributed by atoms with Crippen molar-refractivity contribution in [3.05, 3.63) is 24.3 Å². The van der Waals surface area contributed by atoms with Gasteiger partial charge in [0.15, 0.2) is 0 Å². The quantitative estimate of drug-likeness (QED) is 0.744. The molecule has 126 valence electrons. The normalized spacial score (nSPS) is 12.4. The molecule has 0 heterocycles. The molecule has 0 aromatic heterocycles. The van der Waals surface area contributed by atoms with Crippen molar-refractivity contribution in [1.82, 2.24) is 4.90 Å². The summed E-state index contributed by atoms with van der Waals surface area (Å²) in [7, 11) is -4.13. The Kier molecular flexibility index (Phi) is 6.84. The molecule has 0 saturated heterocycles. The van der Waals surface area contributed by atoms with Gasteiger partial charge in [0.05, 0.1) is 4.90 Å². The number of nitrogens with zero attached hydrogens (tertiary/aromatic N) is 2. The summed E-state index contributed by atoms with van der Waals surface area (Å²) in [6.45, 7) is 13.5. The van der Waals surface area contributed by atoms with Gasteiger partial charge >= 0.3 is 0 Å². The maximum absolute atomic E-state index is 11.1. The van der Waals surface area contributed by atoms with Crippen LogP contribution >= 0.6 is 0 Å². The molecule has 1 aromatic carbocycles. The minimum atomic E-state index is -4.13. The van der Waals surface area contributed by atoms with E-state index in [1.165, 1.54) is 12.1 Å². The van der Waals surface area contributed by atoms with Gasteiger partial charge in [0.25, 0.3) is 10.1 Å². The van der Waals surface area contributed by atoms with Crippen molar-refractivity contribution in [3.63, 3.8) is 0 Å². The van der Waals surface area contributed by atoms with E-state index in [0.29, 0.717) is 12.1 Å². The van der Waals surface area contributed by atoms with Gasteiger partial charge in [-0.25, -0.2) is 0 Å². The van der Waals surface area contributed by atoms with Crippen LogP contribution in [0.5, 0.6) is 0 Å². The van der Waals surface area contributed by atoms with Gasteiger partial charge in [-0.3, -0.25) is 9.45 Å². The molecule has 6 heteroatoms. The first-order chi connectivity index (χ1) is 10.2. The molecule has 0 spiro atoms. The second kappa shape index (κ2) is 7.94. The molecule has 1 N–H and O–H groups in total. The third-order valence-corrected chi connectivity index (χ3v) is 4.70. The highest BCUT2D eigenvalue weighted by Gasteiger charge is 2.15. The molecule has 0 unspecified atom stereocenters. The predicted octanol–water partition coefficient (Wildman–Crippen LogP) is 2.88. The van der Waals surface area contributed by atoms with Crippen LogP contribution in [0.3, 0.4) is 0 Å². The summed E-state index contributed by atoms with van der Waals surface area (Å²) in [5, 5.41) is 0. The van der Waals surface area contributed by atoms with Gasteiger partial charge in [-0.2, -0.15) is 8.42 Å². The number of rotatable bonds is 8. The molecular weight excluding hydrogens is 300 g/mol. The number of anilines is 1. The minimum absolute atomic E-state index is 0.0710. The van der Waals surface area contributed by atoms with Crippen molar-refractivity contribution in [1.29, 1.82) is 0 Å². The smallest absolute Gasteiger partial charge is 0.294 e. The van der Waals surface area contributed by atoms with Crippen molar-refractivity contribution in [2.45, 2.75) is 51.6 Å². The lowest BCUT2D eigenvalue weighted by Crippen LogP contribution is -2.42. The lowest BCUT2D eigenvalue weighted by Gasteiger charge is -2.33. The second-order valence-corrected chi connectivity index (χ2v) is 7.40. The third-order valence-electron chi connectivity index (χ3n) is 3.84. The topological polar surface area (TPSA) is 60.9 Å². The van der Waals surface area contributed by atoms with Gasteiger partial charge in [0, 0.05) is 37.4 Å². The number of hydrogen-bond acceptors (Lipinski definition) is 4. The molecule has 0 atom stereocenters. The van der Waals surface area contributed by atoms with Gasteiger partial charge in [0.1, 0.15) is 0 Å². The molecule has 1 rings (SSSR count). The fraction of sp³-hybridized carbons (Fsp3) is 0.625. The Labute approximate surface area is 134 Å². The Morgan fingerprint density at radius 2 is 1.50 bits per heavy atom. The summed E-state index contributed by atoms with van der Waals surface area (Å²) in [5.74, 6) is 0. The lowest BCUT2D eigenvalue weighted by atomic mass is 10.2. The monoisotopic (exact) mass is 328 g/mol. The standard InChI is InChI=1S/C16H28N2O3S/c1-6-17(11-12-18(13(2)3)14(4)5)15-7-9-16(10-8-15)22(19,20)21/h7-10,13-14H,6,11-12H2,1-5H3,(H,19,20,21). The zero-order valence-corrected chi connectivity index (χ0v) is 15.0. The Bertz CT molecular complexity index is 545. The molecular formula is C16H28N2O3S. The number of likely N-dealkylation sites (N-methyl/N-ethyl adjacent to an activating group) is 1. The summed E-state index contributed by atoms with van der Waals surface area (Å²) >= 11 is 0. The van der Waals surface area contributed by atoms with Crippen molar-refractivity contribution in [3.8, 4) is 0 Å². The van der Waals surface area contributed by atoms with Crippen LogP contribution in [-0.2, 0) is 10.1 Å². The first-order valence-corrected chi connectivity index (χ1v) is 9.19. The molecule has 0 fully saturated rings. The highest BCUT2D eigenvalue weighted by atomic mass is 32.2. The zero-order chi connectivity index (χ0) is 16.9. The van der Waals surface area contributed by atoms with Crippen LogP contribution in [0, 0.1) is 0 Å². The van der Waals surface area contributed by atoms with Gasteiger partial charge in [0.2, 0.25) is 0 Å². The van der Waals surface area contributed by atoms with Gasteiger partial charge in [-0.1, -0.05) is 0 Å². The van der Waals surface area contributed by atoms with E-state index < -0.39 is 10.1 Å². The van der Waals surface area contributed by atoms with E-state index >= 15 is 0 Å². The average molecular weight is 328 g/mol. The van der Waals surface area contributed by atoms with Crippen molar-refractivity contribution in [2.75, 3.05) is 24.5 Å².